The van der Waals surface area contributed by atoms with Crippen molar-refractivity contribution < 1.29 is 14.7 Å². The molecule has 0 aliphatic heterocycles. The number of carbonyl (C=O) groups excluding carboxylic acids is 1. The topological polar surface area (TPSA) is 75.4 Å². The lowest BCUT2D eigenvalue weighted by Gasteiger charge is -2.21. The average molecular weight is 308 g/mol. The largest absolute Gasteiger partial charge is 0.480 e. The molecule has 0 bridgehead atoms. The van der Waals surface area contributed by atoms with Gasteiger partial charge >= 0.3 is 5.97 Å². The number of hydrogen-bond donors (Lipinski definition) is 1. The molecule has 1 N–H and O–H groups in total. The molecule has 7 heteroatoms. The molecule has 6 nitrogen and oxygen atoms in total. The summed E-state index contributed by atoms with van der Waals surface area (Å²) >= 11 is 5.91. The van der Waals surface area contributed by atoms with Crippen molar-refractivity contribution in [3.8, 4) is 0 Å². The molecular weight excluding hydrogens is 294 g/mol. The van der Waals surface area contributed by atoms with Crippen molar-refractivity contribution in [2.24, 2.45) is 7.05 Å². The molecule has 0 saturated carbocycles. The maximum atomic E-state index is 12.6. The van der Waals surface area contributed by atoms with E-state index in [1.807, 2.05) is 0 Å². The van der Waals surface area contributed by atoms with E-state index in [-0.39, 0.29) is 0 Å². The van der Waals surface area contributed by atoms with Crippen molar-refractivity contribution in [1.29, 1.82) is 0 Å². The molecule has 1 aromatic heterocycles. The number of nitrogens with zero attached hydrogens (tertiary/aromatic N) is 3. The molecule has 1 amide bonds. The van der Waals surface area contributed by atoms with Crippen molar-refractivity contribution in [3.05, 3.63) is 46.7 Å². The highest BCUT2D eigenvalue weighted by atomic mass is 35.5. The summed E-state index contributed by atoms with van der Waals surface area (Å²) in [5, 5.41) is 13.5. The number of carboxylic acids is 1. The van der Waals surface area contributed by atoms with Crippen LogP contribution in [0.3, 0.4) is 0 Å². The molecule has 110 valence electrons. The SMILES string of the molecule is Cc1c(C(=O)N(CC(=O)O)c2cccc(Cl)c2)cnn1C. The van der Waals surface area contributed by atoms with Crippen molar-refractivity contribution in [2.75, 3.05) is 11.4 Å². The monoisotopic (exact) mass is 307 g/mol. The number of aryl methyl sites for hydroxylation is 1. The number of aromatic nitrogens is 2. The Hall–Kier alpha value is -2.34. The van der Waals surface area contributed by atoms with Gasteiger partial charge in [-0.1, -0.05) is 17.7 Å². The van der Waals surface area contributed by atoms with Gasteiger partial charge in [0.2, 0.25) is 0 Å². The number of hydrogen-bond acceptors (Lipinski definition) is 3. The van der Waals surface area contributed by atoms with Gasteiger partial charge in [-0.15, -0.1) is 0 Å². The second-order valence-corrected chi connectivity index (χ2v) is 4.97. The van der Waals surface area contributed by atoms with E-state index in [0.29, 0.717) is 22.0 Å². The van der Waals surface area contributed by atoms with E-state index in [0.717, 1.165) is 4.90 Å². The summed E-state index contributed by atoms with van der Waals surface area (Å²) in [5.41, 5.74) is 1.45. The number of benzene rings is 1. The number of amides is 1. The van der Waals surface area contributed by atoms with E-state index in [1.54, 1.807) is 42.9 Å². The first-order chi connectivity index (χ1) is 9.90. The Morgan fingerprint density at radius 3 is 2.67 bits per heavy atom. The lowest BCUT2D eigenvalue weighted by molar-refractivity contribution is -0.135. The first kappa shape index (κ1) is 15.1. The summed E-state index contributed by atoms with van der Waals surface area (Å²) in [4.78, 5) is 24.8. The van der Waals surface area contributed by atoms with Gasteiger partial charge in [0.25, 0.3) is 5.91 Å². The summed E-state index contributed by atoms with van der Waals surface area (Å²) in [5.74, 6) is -1.53. The van der Waals surface area contributed by atoms with Crippen LogP contribution in [0.25, 0.3) is 0 Å². The maximum absolute atomic E-state index is 12.6. The average Bonchev–Trinajstić information content (AvgIpc) is 2.75. The highest BCUT2D eigenvalue weighted by Gasteiger charge is 2.23. The second kappa shape index (κ2) is 5.97. The standard InChI is InChI=1S/C14H14ClN3O3/c1-9-12(7-16-17(9)2)14(21)18(8-13(19)20)11-5-3-4-10(15)6-11/h3-7H,8H2,1-2H3,(H,19,20). The summed E-state index contributed by atoms with van der Waals surface area (Å²) in [6.07, 6.45) is 1.43. The number of halogens is 1. The van der Waals surface area contributed by atoms with Crippen LogP contribution in [0, 0.1) is 6.92 Å². The van der Waals surface area contributed by atoms with Crippen molar-refractivity contribution in [1.82, 2.24) is 9.78 Å². The van der Waals surface area contributed by atoms with E-state index >= 15 is 0 Å². The van der Waals surface area contributed by atoms with Gasteiger partial charge in [-0.05, 0) is 25.1 Å². The first-order valence-corrected chi connectivity index (χ1v) is 6.55. The Balaban J connectivity index is 2.43. The van der Waals surface area contributed by atoms with Gasteiger partial charge in [-0.3, -0.25) is 19.2 Å². The molecule has 21 heavy (non-hydrogen) atoms. The highest BCUT2D eigenvalue weighted by molar-refractivity contribution is 6.31. The molecule has 2 rings (SSSR count). The zero-order chi connectivity index (χ0) is 15.6. The molecule has 0 unspecified atom stereocenters. The molecule has 0 aliphatic rings. The van der Waals surface area contributed by atoms with Crippen LogP contribution in [-0.4, -0.2) is 33.3 Å². The quantitative estimate of drug-likeness (QED) is 0.938. The smallest absolute Gasteiger partial charge is 0.323 e. The van der Waals surface area contributed by atoms with Crippen molar-refractivity contribution >= 4 is 29.2 Å². The van der Waals surface area contributed by atoms with Crippen LogP contribution in [0.5, 0.6) is 0 Å². The van der Waals surface area contributed by atoms with Crippen LogP contribution >= 0.6 is 11.6 Å². The third-order valence-corrected chi connectivity index (χ3v) is 3.36. The minimum Gasteiger partial charge on any atom is -0.480 e. The Bertz CT molecular complexity index is 697. The molecule has 0 radical (unpaired) electrons. The molecule has 1 heterocycles. The van der Waals surface area contributed by atoms with E-state index < -0.39 is 18.4 Å². The van der Waals surface area contributed by atoms with Gasteiger partial charge in [0.05, 0.1) is 11.8 Å². The number of rotatable bonds is 4. The molecule has 0 aliphatic carbocycles. The number of aliphatic carboxylic acids is 1. The Labute approximate surface area is 126 Å². The fourth-order valence-corrected chi connectivity index (χ4v) is 2.10. The zero-order valence-electron chi connectivity index (χ0n) is 11.6. The third-order valence-electron chi connectivity index (χ3n) is 3.12. The van der Waals surface area contributed by atoms with Crippen molar-refractivity contribution in [2.45, 2.75) is 6.92 Å². The third kappa shape index (κ3) is 3.22. The van der Waals surface area contributed by atoms with Crippen LogP contribution in [-0.2, 0) is 11.8 Å². The Morgan fingerprint density at radius 2 is 2.14 bits per heavy atom. The molecule has 0 saturated heterocycles. The fraction of sp³-hybridized carbons (Fsp3) is 0.214. The van der Waals surface area contributed by atoms with Crippen LogP contribution < -0.4 is 4.90 Å². The minimum absolute atomic E-state index is 0.360. The normalized spacial score (nSPS) is 10.4. The lowest BCUT2D eigenvalue weighted by atomic mass is 10.2. The van der Waals surface area contributed by atoms with Crippen molar-refractivity contribution in [3.63, 3.8) is 0 Å². The van der Waals surface area contributed by atoms with Gasteiger partial charge in [0.15, 0.2) is 0 Å². The second-order valence-electron chi connectivity index (χ2n) is 4.53. The molecule has 2 aromatic rings. The predicted molar refractivity (Wildman–Crippen MR) is 78.7 cm³/mol. The Morgan fingerprint density at radius 1 is 1.43 bits per heavy atom. The Kier molecular flexibility index (Phi) is 4.28. The highest BCUT2D eigenvalue weighted by Crippen LogP contribution is 2.22. The summed E-state index contributed by atoms with van der Waals surface area (Å²) < 4.78 is 1.56. The van der Waals surface area contributed by atoms with Crippen LogP contribution in [0.15, 0.2) is 30.5 Å². The molecule has 0 atom stereocenters. The molecule has 1 aromatic carbocycles. The van der Waals surface area contributed by atoms with Gasteiger partial charge in [-0.25, -0.2) is 0 Å². The summed E-state index contributed by atoms with van der Waals surface area (Å²) in [6.45, 7) is 1.30. The van der Waals surface area contributed by atoms with Crippen LogP contribution in [0.4, 0.5) is 5.69 Å². The molecule has 0 spiro atoms. The van der Waals surface area contributed by atoms with Gasteiger partial charge in [-0.2, -0.15) is 5.10 Å². The predicted octanol–water partition coefficient (Wildman–Crippen LogP) is 2.11. The first-order valence-electron chi connectivity index (χ1n) is 6.18. The number of carbonyl (C=O) groups is 2. The van der Waals surface area contributed by atoms with E-state index in [1.165, 1.54) is 6.20 Å². The van der Waals surface area contributed by atoms with Gasteiger partial charge in [0, 0.05) is 23.5 Å². The van der Waals surface area contributed by atoms with E-state index in [2.05, 4.69) is 5.10 Å². The molecule has 0 fully saturated rings. The van der Waals surface area contributed by atoms with Crippen LogP contribution in [0.2, 0.25) is 5.02 Å². The summed E-state index contributed by atoms with van der Waals surface area (Å²) in [6, 6.07) is 6.51. The zero-order valence-corrected chi connectivity index (χ0v) is 12.3. The fourth-order valence-electron chi connectivity index (χ4n) is 1.91. The van der Waals surface area contributed by atoms with E-state index in [9.17, 15) is 9.59 Å². The number of carboxylic acid groups (broad SMARTS) is 1. The summed E-state index contributed by atoms with van der Waals surface area (Å²) in [7, 11) is 1.72. The van der Waals surface area contributed by atoms with Crippen LogP contribution in [0.1, 0.15) is 16.1 Å². The number of anilines is 1. The van der Waals surface area contributed by atoms with Gasteiger partial charge < -0.3 is 5.11 Å². The molecular formula is C14H14ClN3O3. The van der Waals surface area contributed by atoms with Gasteiger partial charge in [0.1, 0.15) is 6.54 Å². The van der Waals surface area contributed by atoms with E-state index in [4.69, 9.17) is 16.7 Å². The maximum Gasteiger partial charge on any atom is 0.323 e. The minimum atomic E-state index is -1.11. The lowest BCUT2D eigenvalue weighted by Crippen LogP contribution is -2.36.